The molecule has 0 amide bonds. The minimum Gasteiger partial charge on any atom is -0.392 e. The van der Waals surface area contributed by atoms with Crippen molar-refractivity contribution in [3.8, 4) is 0 Å². The molecule has 2 heterocycles. The second kappa shape index (κ2) is 5.98. The number of benzene rings is 1. The fraction of sp³-hybridized carbons (Fsp3) is 0.438. The van der Waals surface area contributed by atoms with Gasteiger partial charge in [-0.25, -0.2) is 0 Å². The number of aliphatic hydroxyl groups excluding tert-OH is 1. The number of β-amino-alcohol motifs (C(OH)–C–C–N with tert-alkyl or cyclic N) is 1. The van der Waals surface area contributed by atoms with E-state index in [0.29, 0.717) is 25.1 Å². The molecule has 1 aromatic carbocycles. The molecule has 3 rings (SSSR count). The van der Waals surface area contributed by atoms with E-state index < -0.39 is 17.8 Å². The first kappa shape index (κ1) is 16.0. The van der Waals surface area contributed by atoms with Crippen molar-refractivity contribution in [1.82, 2.24) is 14.7 Å². The van der Waals surface area contributed by atoms with Crippen LogP contribution in [-0.2, 0) is 19.8 Å². The zero-order valence-electron chi connectivity index (χ0n) is 12.7. The summed E-state index contributed by atoms with van der Waals surface area (Å²) in [6, 6.07) is 6.99. The van der Waals surface area contributed by atoms with Crippen LogP contribution in [0.5, 0.6) is 0 Å². The van der Waals surface area contributed by atoms with Crippen LogP contribution in [0.1, 0.15) is 29.3 Å². The van der Waals surface area contributed by atoms with Gasteiger partial charge in [0.05, 0.1) is 17.4 Å². The SMILES string of the molecule is Cn1nccc1CN1CC(O)CC1c1cccc(C(F)(F)F)c1. The number of likely N-dealkylation sites (tertiary alicyclic amines) is 1. The van der Waals surface area contributed by atoms with E-state index in [0.717, 1.165) is 11.8 Å². The van der Waals surface area contributed by atoms with E-state index in [1.165, 1.54) is 12.1 Å². The maximum Gasteiger partial charge on any atom is 0.416 e. The summed E-state index contributed by atoms with van der Waals surface area (Å²) >= 11 is 0. The summed E-state index contributed by atoms with van der Waals surface area (Å²) < 4.78 is 40.5. The van der Waals surface area contributed by atoms with Crippen molar-refractivity contribution in [2.45, 2.75) is 31.3 Å². The molecule has 0 spiro atoms. The predicted octanol–water partition coefficient (Wildman–Crippen LogP) is 2.75. The Morgan fingerprint density at radius 3 is 2.74 bits per heavy atom. The van der Waals surface area contributed by atoms with Gasteiger partial charge in [-0.05, 0) is 30.2 Å². The molecule has 1 saturated heterocycles. The Morgan fingerprint density at radius 2 is 2.09 bits per heavy atom. The maximum absolute atomic E-state index is 12.9. The second-order valence-corrected chi connectivity index (χ2v) is 5.90. The lowest BCUT2D eigenvalue weighted by Gasteiger charge is -2.25. The molecule has 1 N–H and O–H groups in total. The number of rotatable bonds is 3. The van der Waals surface area contributed by atoms with Crippen LogP contribution in [0.15, 0.2) is 36.5 Å². The van der Waals surface area contributed by atoms with E-state index >= 15 is 0 Å². The number of hydrogen-bond acceptors (Lipinski definition) is 3. The number of nitrogens with zero attached hydrogens (tertiary/aromatic N) is 3. The van der Waals surface area contributed by atoms with Crippen LogP contribution < -0.4 is 0 Å². The number of aromatic nitrogens is 2. The van der Waals surface area contributed by atoms with E-state index in [9.17, 15) is 18.3 Å². The largest absolute Gasteiger partial charge is 0.416 e. The summed E-state index contributed by atoms with van der Waals surface area (Å²) in [7, 11) is 1.82. The molecule has 2 atom stereocenters. The highest BCUT2D eigenvalue weighted by Crippen LogP contribution is 2.36. The Kier molecular flexibility index (Phi) is 4.16. The standard InChI is InChI=1S/C16H18F3N3O/c1-21-13(5-6-20-21)9-22-10-14(23)8-15(22)11-3-2-4-12(7-11)16(17,18)19/h2-7,14-15,23H,8-10H2,1H3. The number of aryl methyl sites for hydroxylation is 1. The monoisotopic (exact) mass is 325 g/mol. The van der Waals surface area contributed by atoms with Gasteiger partial charge < -0.3 is 5.11 Å². The van der Waals surface area contributed by atoms with Crippen LogP contribution in [0.2, 0.25) is 0 Å². The van der Waals surface area contributed by atoms with Gasteiger partial charge in [0.1, 0.15) is 0 Å². The molecule has 1 fully saturated rings. The highest BCUT2D eigenvalue weighted by Gasteiger charge is 2.35. The van der Waals surface area contributed by atoms with Crippen molar-refractivity contribution in [2.75, 3.05) is 6.54 Å². The van der Waals surface area contributed by atoms with Crippen LogP contribution in [0, 0.1) is 0 Å². The second-order valence-electron chi connectivity index (χ2n) is 5.90. The van der Waals surface area contributed by atoms with E-state index in [2.05, 4.69) is 5.10 Å². The maximum atomic E-state index is 12.9. The molecule has 0 saturated carbocycles. The average Bonchev–Trinajstić information content (AvgIpc) is 3.05. The van der Waals surface area contributed by atoms with E-state index in [-0.39, 0.29) is 6.04 Å². The van der Waals surface area contributed by atoms with Crippen molar-refractivity contribution in [3.05, 3.63) is 53.3 Å². The van der Waals surface area contributed by atoms with E-state index in [1.807, 2.05) is 18.0 Å². The van der Waals surface area contributed by atoms with Crippen LogP contribution in [0.4, 0.5) is 13.2 Å². The van der Waals surface area contributed by atoms with Crippen molar-refractivity contribution in [2.24, 2.45) is 7.05 Å². The highest BCUT2D eigenvalue weighted by atomic mass is 19.4. The summed E-state index contributed by atoms with van der Waals surface area (Å²) in [5.41, 5.74) is 0.881. The van der Waals surface area contributed by atoms with Gasteiger partial charge in [-0.3, -0.25) is 9.58 Å². The molecule has 23 heavy (non-hydrogen) atoms. The lowest BCUT2D eigenvalue weighted by atomic mass is 10.0. The molecule has 1 aliphatic rings. The number of alkyl halides is 3. The summed E-state index contributed by atoms with van der Waals surface area (Å²) in [6.45, 7) is 0.973. The fourth-order valence-electron chi connectivity index (χ4n) is 3.09. The summed E-state index contributed by atoms with van der Waals surface area (Å²) in [5.74, 6) is 0. The van der Waals surface area contributed by atoms with Crippen LogP contribution in [0.25, 0.3) is 0 Å². The van der Waals surface area contributed by atoms with Gasteiger partial charge in [0.2, 0.25) is 0 Å². The Balaban J connectivity index is 1.86. The van der Waals surface area contributed by atoms with Gasteiger partial charge in [0, 0.05) is 32.4 Å². The Hall–Kier alpha value is -1.86. The average molecular weight is 325 g/mol. The molecule has 1 aliphatic heterocycles. The smallest absolute Gasteiger partial charge is 0.392 e. The van der Waals surface area contributed by atoms with Crippen molar-refractivity contribution in [1.29, 1.82) is 0 Å². The van der Waals surface area contributed by atoms with Gasteiger partial charge in [0.15, 0.2) is 0 Å². The molecule has 0 bridgehead atoms. The fourth-order valence-corrected chi connectivity index (χ4v) is 3.09. The third kappa shape index (κ3) is 3.40. The Labute approximate surface area is 132 Å². The molecule has 1 aromatic heterocycles. The van der Waals surface area contributed by atoms with Gasteiger partial charge in [-0.15, -0.1) is 0 Å². The zero-order chi connectivity index (χ0) is 16.6. The van der Waals surface area contributed by atoms with Gasteiger partial charge in [-0.2, -0.15) is 18.3 Å². The number of hydrogen-bond donors (Lipinski definition) is 1. The molecular formula is C16H18F3N3O. The van der Waals surface area contributed by atoms with Gasteiger partial charge >= 0.3 is 6.18 Å². The Morgan fingerprint density at radius 1 is 1.30 bits per heavy atom. The normalized spacial score (nSPS) is 22.7. The van der Waals surface area contributed by atoms with Crippen molar-refractivity contribution in [3.63, 3.8) is 0 Å². The molecule has 0 radical (unpaired) electrons. The lowest BCUT2D eigenvalue weighted by Crippen LogP contribution is -2.25. The highest BCUT2D eigenvalue weighted by molar-refractivity contribution is 5.29. The van der Waals surface area contributed by atoms with E-state index in [1.54, 1.807) is 16.9 Å². The van der Waals surface area contributed by atoms with Gasteiger partial charge in [0.25, 0.3) is 0 Å². The molecular weight excluding hydrogens is 307 g/mol. The van der Waals surface area contributed by atoms with E-state index in [4.69, 9.17) is 0 Å². The summed E-state index contributed by atoms with van der Waals surface area (Å²) in [4.78, 5) is 2.00. The van der Waals surface area contributed by atoms with Gasteiger partial charge in [-0.1, -0.05) is 12.1 Å². The summed E-state index contributed by atoms with van der Waals surface area (Å²) in [6.07, 6.45) is -2.79. The van der Waals surface area contributed by atoms with Crippen LogP contribution in [-0.4, -0.2) is 32.4 Å². The minimum atomic E-state index is -4.36. The molecule has 7 heteroatoms. The minimum absolute atomic E-state index is 0.234. The number of halogens is 3. The van der Waals surface area contributed by atoms with Crippen molar-refractivity contribution >= 4 is 0 Å². The predicted molar refractivity (Wildman–Crippen MR) is 78.4 cm³/mol. The first-order valence-corrected chi connectivity index (χ1v) is 7.41. The molecule has 2 aromatic rings. The third-order valence-corrected chi connectivity index (χ3v) is 4.27. The number of aliphatic hydroxyl groups is 1. The van der Waals surface area contributed by atoms with Crippen LogP contribution >= 0.6 is 0 Å². The quantitative estimate of drug-likeness (QED) is 0.943. The third-order valence-electron chi connectivity index (χ3n) is 4.27. The topological polar surface area (TPSA) is 41.3 Å². The first-order chi connectivity index (χ1) is 10.8. The molecule has 124 valence electrons. The molecule has 0 aliphatic carbocycles. The lowest BCUT2D eigenvalue weighted by molar-refractivity contribution is -0.137. The molecule has 2 unspecified atom stereocenters. The van der Waals surface area contributed by atoms with Crippen molar-refractivity contribution < 1.29 is 18.3 Å². The summed E-state index contributed by atoms with van der Waals surface area (Å²) in [5, 5.41) is 14.1. The molecule has 4 nitrogen and oxygen atoms in total. The zero-order valence-corrected chi connectivity index (χ0v) is 12.7. The first-order valence-electron chi connectivity index (χ1n) is 7.41. The Bertz CT molecular complexity index is 683. The van der Waals surface area contributed by atoms with Crippen LogP contribution in [0.3, 0.4) is 0 Å².